The van der Waals surface area contributed by atoms with Crippen LogP contribution in [0.2, 0.25) is 5.02 Å². The number of urea groups is 1. The molecule has 2 aromatic carbocycles. The van der Waals surface area contributed by atoms with Gasteiger partial charge in [0, 0.05) is 11.1 Å². The lowest BCUT2D eigenvalue weighted by molar-refractivity contribution is -0.131. The number of rotatable bonds is 5. The van der Waals surface area contributed by atoms with E-state index >= 15 is 0 Å². The molecule has 1 N–H and O–H groups in total. The Labute approximate surface area is 179 Å². The third kappa shape index (κ3) is 4.39. The highest BCUT2D eigenvalue weighted by Crippen LogP contribution is 2.27. The highest BCUT2D eigenvalue weighted by molar-refractivity contribution is 6.31. The van der Waals surface area contributed by atoms with Gasteiger partial charge in [-0.2, -0.15) is 0 Å². The lowest BCUT2D eigenvalue weighted by Crippen LogP contribution is -2.57. The normalized spacial score (nSPS) is 18.8. The van der Waals surface area contributed by atoms with Crippen LogP contribution in [0.4, 0.5) is 4.79 Å². The molecule has 1 saturated heterocycles. The summed E-state index contributed by atoms with van der Waals surface area (Å²) in [5.74, 6) is -0.532. The van der Waals surface area contributed by atoms with Gasteiger partial charge in [-0.1, -0.05) is 48.7 Å². The minimum Gasteiger partial charge on any atom is -0.489 e. The van der Waals surface area contributed by atoms with E-state index in [9.17, 15) is 14.4 Å². The minimum atomic E-state index is -0.665. The first kappa shape index (κ1) is 20.2. The molecular weight excluding hydrogens is 404 g/mol. The minimum absolute atomic E-state index is 0.0312. The number of benzene rings is 2. The van der Waals surface area contributed by atoms with E-state index in [1.54, 1.807) is 36.4 Å². The van der Waals surface area contributed by atoms with Crippen LogP contribution >= 0.6 is 11.6 Å². The van der Waals surface area contributed by atoms with Crippen molar-refractivity contribution in [3.05, 3.63) is 70.3 Å². The summed E-state index contributed by atoms with van der Waals surface area (Å²) in [5, 5.41) is 2.96. The van der Waals surface area contributed by atoms with Crippen LogP contribution in [0.15, 0.2) is 54.1 Å². The van der Waals surface area contributed by atoms with Gasteiger partial charge < -0.3 is 4.74 Å². The van der Waals surface area contributed by atoms with Crippen LogP contribution in [0.3, 0.4) is 0 Å². The summed E-state index contributed by atoms with van der Waals surface area (Å²) in [4.78, 5) is 38.5. The molecule has 1 saturated carbocycles. The molecule has 4 amide bonds. The third-order valence-corrected chi connectivity index (χ3v) is 5.58. The summed E-state index contributed by atoms with van der Waals surface area (Å²) in [6.07, 6.45) is 5.02. The first-order valence-electron chi connectivity index (χ1n) is 9.89. The van der Waals surface area contributed by atoms with Crippen molar-refractivity contribution in [2.24, 2.45) is 0 Å². The number of hydrogen-bond acceptors (Lipinski definition) is 4. The number of nitrogens with one attached hydrogen (secondary N) is 1. The molecule has 4 rings (SSSR count). The fraction of sp³-hybridized carbons (Fsp3) is 0.261. The van der Waals surface area contributed by atoms with Crippen molar-refractivity contribution < 1.29 is 19.1 Å². The Morgan fingerprint density at radius 2 is 1.67 bits per heavy atom. The maximum Gasteiger partial charge on any atom is 0.331 e. The maximum absolute atomic E-state index is 12.8. The van der Waals surface area contributed by atoms with Crippen molar-refractivity contribution >= 4 is 35.5 Å². The van der Waals surface area contributed by atoms with Crippen molar-refractivity contribution in [1.29, 1.82) is 0 Å². The lowest BCUT2D eigenvalue weighted by Gasteiger charge is -2.31. The zero-order valence-electron chi connectivity index (χ0n) is 16.3. The number of halogens is 1. The Hall–Kier alpha value is -3.12. The van der Waals surface area contributed by atoms with Gasteiger partial charge in [-0.05, 0) is 54.3 Å². The molecule has 0 spiro atoms. The van der Waals surface area contributed by atoms with Crippen LogP contribution < -0.4 is 10.1 Å². The summed E-state index contributed by atoms with van der Waals surface area (Å²) in [7, 11) is 0. The first-order chi connectivity index (χ1) is 14.5. The van der Waals surface area contributed by atoms with Gasteiger partial charge in [0.05, 0.1) is 0 Å². The van der Waals surface area contributed by atoms with Crippen LogP contribution in [0.1, 0.15) is 36.8 Å². The molecule has 7 heteroatoms. The Morgan fingerprint density at radius 3 is 2.33 bits per heavy atom. The number of hydrogen-bond donors (Lipinski definition) is 1. The smallest absolute Gasteiger partial charge is 0.331 e. The third-order valence-electron chi connectivity index (χ3n) is 5.33. The molecular formula is C23H21ClN2O4. The van der Waals surface area contributed by atoms with E-state index < -0.39 is 17.8 Å². The van der Waals surface area contributed by atoms with Crippen LogP contribution in [0, 0.1) is 0 Å². The van der Waals surface area contributed by atoms with Gasteiger partial charge in [-0.15, -0.1) is 0 Å². The lowest BCUT2D eigenvalue weighted by atomic mass is 10.1. The monoisotopic (exact) mass is 424 g/mol. The van der Waals surface area contributed by atoms with Gasteiger partial charge in [0.15, 0.2) is 0 Å². The average molecular weight is 425 g/mol. The van der Waals surface area contributed by atoms with E-state index in [-0.39, 0.29) is 11.6 Å². The molecule has 1 aliphatic carbocycles. The van der Waals surface area contributed by atoms with E-state index in [0.717, 1.165) is 31.2 Å². The van der Waals surface area contributed by atoms with Gasteiger partial charge in [0.2, 0.25) is 0 Å². The highest BCUT2D eigenvalue weighted by atomic mass is 35.5. The van der Waals surface area contributed by atoms with E-state index in [4.69, 9.17) is 16.3 Å². The standard InChI is InChI=1S/C23H21ClN2O4/c24-17-9-5-16(6-10-17)14-30-19-11-7-15(8-12-19)13-20-21(27)25-23(29)26(22(20)28)18-3-1-2-4-18/h5-13,18H,1-4,14H2,(H,25,27,29)/b20-13+. The number of nitrogens with zero attached hydrogens (tertiary/aromatic N) is 1. The van der Waals surface area contributed by atoms with E-state index in [2.05, 4.69) is 5.32 Å². The second-order valence-corrected chi connectivity index (χ2v) is 7.85. The number of ether oxygens (including phenoxy) is 1. The molecule has 0 atom stereocenters. The van der Waals surface area contributed by atoms with Crippen molar-refractivity contribution in [2.45, 2.75) is 38.3 Å². The number of carbonyl (C=O) groups is 3. The van der Waals surface area contributed by atoms with E-state index in [1.807, 2.05) is 12.1 Å². The molecule has 0 unspecified atom stereocenters. The van der Waals surface area contributed by atoms with Gasteiger partial charge >= 0.3 is 6.03 Å². The fourth-order valence-corrected chi connectivity index (χ4v) is 3.87. The van der Waals surface area contributed by atoms with Gasteiger partial charge in [-0.3, -0.25) is 19.8 Å². The Balaban J connectivity index is 1.46. The SMILES string of the molecule is O=C1NC(=O)N(C2CCCC2)C(=O)/C1=C/c1ccc(OCc2ccc(Cl)cc2)cc1. The summed E-state index contributed by atoms with van der Waals surface area (Å²) in [5.41, 5.74) is 1.64. The summed E-state index contributed by atoms with van der Waals surface area (Å²) >= 11 is 5.88. The van der Waals surface area contributed by atoms with E-state index in [1.165, 1.54) is 11.0 Å². The highest BCUT2D eigenvalue weighted by Gasteiger charge is 2.40. The topological polar surface area (TPSA) is 75.7 Å². The zero-order chi connectivity index (χ0) is 21.1. The van der Waals surface area contributed by atoms with Gasteiger partial charge in [0.25, 0.3) is 11.8 Å². The molecule has 6 nitrogen and oxygen atoms in total. The average Bonchev–Trinajstić information content (AvgIpc) is 3.26. The summed E-state index contributed by atoms with van der Waals surface area (Å²) in [6.45, 7) is 0.400. The number of amides is 4. The molecule has 0 aromatic heterocycles. The molecule has 30 heavy (non-hydrogen) atoms. The maximum atomic E-state index is 12.8. The second kappa shape index (κ2) is 8.71. The predicted molar refractivity (Wildman–Crippen MR) is 113 cm³/mol. The Kier molecular flexibility index (Phi) is 5.86. The second-order valence-electron chi connectivity index (χ2n) is 7.41. The Morgan fingerprint density at radius 1 is 1.00 bits per heavy atom. The first-order valence-corrected chi connectivity index (χ1v) is 10.3. The van der Waals surface area contributed by atoms with Crippen LogP contribution in [-0.4, -0.2) is 28.8 Å². The molecule has 154 valence electrons. The molecule has 2 aliphatic rings. The largest absolute Gasteiger partial charge is 0.489 e. The molecule has 2 aromatic rings. The van der Waals surface area contributed by atoms with Crippen molar-refractivity contribution in [3.8, 4) is 5.75 Å². The summed E-state index contributed by atoms with van der Waals surface area (Å²) in [6, 6.07) is 13.7. The molecule has 1 aliphatic heterocycles. The number of carbonyl (C=O) groups excluding carboxylic acids is 3. The quantitative estimate of drug-likeness (QED) is 0.572. The molecule has 1 heterocycles. The summed E-state index contributed by atoms with van der Waals surface area (Å²) < 4.78 is 5.75. The van der Waals surface area contributed by atoms with E-state index in [0.29, 0.717) is 22.9 Å². The van der Waals surface area contributed by atoms with Crippen LogP contribution in [0.25, 0.3) is 6.08 Å². The molecule has 0 radical (unpaired) electrons. The molecule has 2 fully saturated rings. The Bertz CT molecular complexity index is 993. The van der Waals surface area contributed by atoms with Crippen molar-refractivity contribution in [1.82, 2.24) is 10.2 Å². The predicted octanol–water partition coefficient (Wildman–Crippen LogP) is 4.32. The van der Waals surface area contributed by atoms with Gasteiger partial charge in [-0.25, -0.2) is 4.79 Å². The van der Waals surface area contributed by atoms with Crippen LogP contribution in [-0.2, 0) is 16.2 Å². The number of barbiturate groups is 1. The molecule has 0 bridgehead atoms. The van der Waals surface area contributed by atoms with Crippen LogP contribution in [0.5, 0.6) is 5.75 Å². The number of imide groups is 2. The van der Waals surface area contributed by atoms with Crippen molar-refractivity contribution in [2.75, 3.05) is 0 Å². The fourth-order valence-electron chi connectivity index (χ4n) is 3.74. The zero-order valence-corrected chi connectivity index (χ0v) is 17.0. The van der Waals surface area contributed by atoms with Gasteiger partial charge in [0.1, 0.15) is 17.9 Å². The van der Waals surface area contributed by atoms with Crippen molar-refractivity contribution in [3.63, 3.8) is 0 Å².